The molecule has 0 unspecified atom stereocenters. The van der Waals surface area contributed by atoms with E-state index in [4.69, 9.17) is 35.6 Å². The molecule has 0 aliphatic carbocycles. The molecule has 190 valence electrons. The first-order chi connectivity index (χ1) is 17.4. The molecule has 2 heterocycles. The van der Waals surface area contributed by atoms with Crippen molar-refractivity contribution < 1.29 is 18.9 Å². The number of aromatic nitrogens is 4. The molecule has 0 spiro atoms. The molecule has 0 aliphatic rings. The van der Waals surface area contributed by atoms with Gasteiger partial charge in [0.05, 0.1) is 56.2 Å². The van der Waals surface area contributed by atoms with E-state index in [2.05, 4.69) is 12.0 Å². The van der Waals surface area contributed by atoms with Crippen molar-refractivity contribution in [2.24, 2.45) is 0 Å². The molecule has 0 N–H and O–H groups in total. The summed E-state index contributed by atoms with van der Waals surface area (Å²) in [6.45, 7) is 6.37. The van der Waals surface area contributed by atoms with Crippen LogP contribution in [0.1, 0.15) is 23.9 Å². The summed E-state index contributed by atoms with van der Waals surface area (Å²) in [4.78, 5) is 0. The van der Waals surface area contributed by atoms with Gasteiger partial charge in [-0.05, 0) is 56.7 Å². The van der Waals surface area contributed by atoms with Gasteiger partial charge in [0.25, 0.3) is 0 Å². The Labute approximate surface area is 216 Å². The zero-order chi connectivity index (χ0) is 26.0. The SMILES string of the molecule is CCc1c(-c2ccc(OC)c(OC)c2)nn(Cn2nc(C)c(Cl)c2C)c1-c1ccc(OC)c(OC)c1. The molecule has 0 saturated carbocycles. The highest BCUT2D eigenvalue weighted by atomic mass is 35.5. The van der Waals surface area contributed by atoms with Gasteiger partial charge in [0.15, 0.2) is 23.0 Å². The Hall–Kier alpha value is -3.65. The van der Waals surface area contributed by atoms with Crippen LogP contribution in [-0.4, -0.2) is 48.0 Å². The molecule has 0 bridgehead atoms. The van der Waals surface area contributed by atoms with Crippen molar-refractivity contribution in [1.29, 1.82) is 0 Å². The molecule has 36 heavy (non-hydrogen) atoms. The lowest BCUT2D eigenvalue weighted by molar-refractivity contribution is 0.355. The van der Waals surface area contributed by atoms with Crippen LogP contribution in [0.25, 0.3) is 22.5 Å². The quantitative estimate of drug-likeness (QED) is 0.284. The summed E-state index contributed by atoms with van der Waals surface area (Å²) in [5.41, 5.74) is 6.45. The summed E-state index contributed by atoms with van der Waals surface area (Å²) in [5.74, 6) is 2.61. The van der Waals surface area contributed by atoms with Crippen LogP contribution >= 0.6 is 11.6 Å². The number of halogens is 1. The molecule has 0 amide bonds. The third kappa shape index (κ3) is 4.48. The van der Waals surface area contributed by atoms with Crippen molar-refractivity contribution in [2.75, 3.05) is 28.4 Å². The van der Waals surface area contributed by atoms with Gasteiger partial charge in [-0.15, -0.1) is 0 Å². The van der Waals surface area contributed by atoms with Crippen molar-refractivity contribution in [3.05, 3.63) is 58.4 Å². The topological polar surface area (TPSA) is 72.6 Å². The smallest absolute Gasteiger partial charge is 0.161 e. The number of hydrogen-bond acceptors (Lipinski definition) is 6. The van der Waals surface area contributed by atoms with Crippen LogP contribution in [0.4, 0.5) is 0 Å². The molecule has 0 saturated heterocycles. The molecule has 9 heteroatoms. The Morgan fingerprint density at radius 1 is 0.750 bits per heavy atom. The van der Waals surface area contributed by atoms with Crippen LogP contribution in [0, 0.1) is 13.8 Å². The molecule has 0 radical (unpaired) electrons. The summed E-state index contributed by atoms with van der Waals surface area (Å²) in [5, 5.41) is 10.4. The van der Waals surface area contributed by atoms with E-state index in [1.165, 1.54) is 0 Å². The van der Waals surface area contributed by atoms with E-state index >= 15 is 0 Å². The van der Waals surface area contributed by atoms with Gasteiger partial charge in [-0.2, -0.15) is 10.2 Å². The molecule has 2 aromatic carbocycles. The van der Waals surface area contributed by atoms with Crippen LogP contribution < -0.4 is 18.9 Å². The van der Waals surface area contributed by atoms with Crippen molar-refractivity contribution in [2.45, 2.75) is 33.9 Å². The zero-order valence-electron chi connectivity index (χ0n) is 21.7. The highest BCUT2D eigenvalue weighted by molar-refractivity contribution is 6.31. The van der Waals surface area contributed by atoms with Gasteiger partial charge in [0.2, 0.25) is 0 Å². The lowest BCUT2D eigenvalue weighted by Crippen LogP contribution is -2.14. The number of nitrogens with zero attached hydrogens (tertiary/aromatic N) is 4. The average Bonchev–Trinajstić information content (AvgIpc) is 3.39. The molecule has 4 rings (SSSR count). The van der Waals surface area contributed by atoms with Crippen LogP contribution in [0.15, 0.2) is 36.4 Å². The Morgan fingerprint density at radius 2 is 1.31 bits per heavy atom. The van der Waals surface area contributed by atoms with Gasteiger partial charge in [-0.3, -0.25) is 0 Å². The van der Waals surface area contributed by atoms with Gasteiger partial charge < -0.3 is 18.9 Å². The van der Waals surface area contributed by atoms with Crippen molar-refractivity contribution in [1.82, 2.24) is 19.6 Å². The fourth-order valence-electron chi connectivity index (χ4n) is 4.40. The number of aryl methyl sites for hydroxylation is 1. The zero-order valence-corrected chi connectivity index (χ0v) is 22.4. The van der Waals surface area contributed by atoms with Crippen LogP contribution in [-0.2, 0) is 13.1 Å². The second kappa shape index (κ2) is 10.5. The van der Waals surface area contributed by atoms with Crippen LogP contribution in [0.5, 0.6) is 23.0 Å². The molecular formula is C27H31ClN4O4. The fraction of sp³-hybridized carbons (Fsp3) is 0.333. The van der Waals surface area contributed by atoms with E-state index in [1.54, 1.807) is 28.4 Å². The van der Waals surface area contributed by atoms with Gasteiger partial charge in [-0.25, -0.2) is 9.36 Å². The lowest BCUT2D eigenvalue weighted by atomic mass is 9.99. The maximum atomic E-state index is 6.45. The van der Waals surface area contributed by atoms with Crippen LogP contribution in [0.3, 0.4) is 0 Å². The lowest BCUT2D eigenvalue weighted by Gasteiger charge is -2.13. The van der Waals surface area contributed by atoms with E-state index in [1.807, 2.05) is 59.6 Å². The molecule has 4 aromatic rings. The largest absolute Gasteiger partial charge is 0.493 e. The van der Waals surface area contributed by atoms with Crippen molar-refractivity contribution >= 4 is 11.6 Å². The minimum absolute atomic E-state index is 0.392. The van der Waals surface area contributed by atoms with Crippen LogP contribution in [0.2, 0.25) is 5.02 Å². The Bertz CT molecular complexity index is 1390. The summed E-state index contributed by atoms with van der Waals surface area (Å²) < 4.78 is 25.9. The van der Waals surface area contributed by atoms with Crippen molar-refractivity contribution in [3.8, 4) is 45.5 Å². The summed E-state index contributed by atoms with van der Waals surface area (Å²) in [6, 6.07) is 11.7. The standard InChI is InChI=1S/C27H31ClN4O4/c1-8-20-26(18-9-11-21(33-4)23(13-18)35-6)30-32(15-31-17(3)25(28)16(2)29-31)27(20)19-10-12-22(34-5)24(14-19)36-7/h9-14H,8,15H2,1-7H3. The third-order valence-corrected chi connectivity index (χ3v) is 6.83. The van der Waals surface area contributed by atoms with Gasteiger partial charge in [0, 0.05) is 16.7 Å². The first kappa shape index (κ1) is 25.4. The second-order valence-corrected chi connectivity index (χ2v) is 8.67. The monoisotopic (exact) mass is 510 g/mol. The molecule has 0 atom stereocenters. The maximum Gasteiger partial charge on any atom is 0.161 e. The van der Waals surface area contributed by atoms with Gasteiger partial charge in [-0.1, -0.05) is 18.5 Å². The predicted molar refractivity (Wildman–Crippen MR) is 141 cm³/mol. The first-order valence-electron chi connectivity index (χ1n) is 11.6. The molecular weight excluding hydrogens is 480 g/mol. The third-order valence-electron chi connectivity index (χ3n) is 6.28. The summed E-state index contributed by atoms with van der Waals surface area (Å²) in [6.07, 6.45) is 0.755. The number of ether oxygens (including phenoxy) is 4. The van der Waals surface area contributed by atoms with Gasteiger partial charge >= 0.3 is 0 Å². The Kier molecular flexibility index (Phi) is 7.45. The summed E-state index contributed by atoms with van der Waals surface area (Å²) >= 11 is 6.45. The van der Waals surface area contributed by atoms with E-state index in [-0.39, 0.29) is 0 Å². The summed E-state index contributed by atoms with van der Waals surface area (Å²) in [7, 11) is 6.51. The number of methoxy groups -OCH3 is 4. The highest BCUT2D eigenvalue weighted by Crippen LogP contribution is 2.39. The van der Waals surface area contributed by atoms with Crippen molar-refractivity contribution in [3.63, 3.8) is 0 Å². The minimum atomic E-state index is 0.392. The number of rotatable bonds is 9. The Morgan fingerprint density at radius 3 is 1.81 bits per heavy atom. The van der Waals surface area contributed by atoms with E-state index in [9.17, 15) is 0 Å². The Balaban J connectivity index is 1.95. The van der Waals surface area contributed by atoms with E-state index < -0.39 is 0 Å². The molecule has 0 aliphatic heterocycles. The minimum Gasteiger partial charge on any atom is -0.493 e. The average molecular weight is 511 g/mol. The van der Waals surface area contributed by atoms with E-state index in [0.717, 1.165) is 45.9 Å². The highest BCUT2D eigenvalue weighted by Gasteiger charge is 2.23. The predicted octanol–water partition coefficient (Wildman–Crippen LogP) is 5.79. The van der Waals surface area contributed by atoms with Gasteiger partial charge in [0.1, 0.15) is 6.67 Å². The molecule has 0 fully saturated rings. The normalized spacial score (nSPS) is 11.0. The first-order valence-corrected chi connectivity index (χ1v) is 12.0. The number of hydrogen-bond donors (Lipinski definition) is 0. The molecule has 8 nitrogen and oxygen atoms in total. The molecule has 2 aromatic heterocycles. The number of benzene rings is 2. The second-order valence-electron chi connectivity index (χ2n) is 8.29. The van der Waals surface area contributed by atoms with E-state index in [0.29, 0.717) is 34.7 Å². The maximum absolute atomic E-state index is 6.45. The fourth-order valence-corrected chi connectivity index (χ4v) is 4.53.